The van der Waals surface area contributed by atoms with Crippen LogP contribution in [0.2, 0.25) is 10.0 Å². The van der Waals surface area contributed by atoms with Crippen LogP contribution in [0.15, 0.2) is 47.6 Å². The van der Waals surface area contributed by atoms with Crippen molar-refractivity contribution in [1.82, 2.24) is 5.43 Å². The van der Waals surface area contributed by atoms with E-state index in [9.17, 15) is 9.59 Å². The first-order valence-electron chi connectivity index (χ1n) is 7.19. The number of carbonyl (C=O) groups excluding carboxylic acids is 2. The van der Waals surface area contributed by atoms with Crippen molar-refractivity contribution in [1.29, 1.82) is 0 Å². The van der Waals surface area contributed by atoms with E-state index in [0.29, 0.717) is 21.3 Å². The Morgan fingerprint density at radius 1 is 1.04 bits per heavy atom. The smallest absolute Gasteiger partial charge is 0.317 e. The lowest BCUT2D eigenvalue weighted by Crippen LogP contribution is -2.32. The fourth-order valence-electron chi connectivity index (χ4n) is 1.97. The van der Waals surface area contributed by atoms with Crippen LogP contribution >= 0.6 is 23.2 Å². The Morgan fingerprint density at radius 2 is 1.71 bits per heavy atom. The van der Waals surface area contributed by atoms with Gasteiger partial charge in [-0.1, -0.05) is 54.4 Å². The summed E-state index contributed by atoms with van der Waals surface area (Å²) in [5, 5.41) is 7.05. The molecule has 2 rings (SSSR count). The summed E-state index contributed by atoms with van der Waals surface area (Å²) in [5.41, 5.74) is 4.13. The van der Waals surface area contributed by atoms with E-state index in [2.05, 4.69) is 15.8 Å². The number of rotatable bonds is 4. The van der Waals surface area contributed by atoms with Gasteiger partial charge in [-0.3, -0.25) is 9.59 Å². The van der Waals surface area contributed by atoms with Crippen molar-refractivity contribution in [2.75, 3.05) is 5.32 Å². The molecule has 0 heterocycles. The summed E-state index contributed by atoms with van der Waals surface area (Å²) in [6.07, 6.45) is 2.02. The average Bonchev–Trinajstić information content (AvgIpc) is 2.57. The van der Waals surface area contributed by atoms with Gasteiger partial charge in [0.15, 0.2) is 0 Å². The molecule has 0 unspecified atom stereocenters. The SMILES string of the molecule is CCc1ccccc1NC(=O)C(=O)NN=Cc1c(Cl)cccc1Cl. The molecule has 2 aromatic carbocycles. The Kier molecular flexibility index (Phi) is 6.35. The molecule has 0 radical (unpaired) electrons. The van der Waals surface area contributed by atoms with Crippen molar-refractivity contribution < 1.29 is 9.59 Å². The number of hydrogen-bond acceptors (Lipinski definition) is 3. The van der Waals surface area contributed by atoms with Gasteiger partial charge < -0.3 is 5.32 Å². The number of aryl methyl sites for hydroxylation is 1. The highest BCUT2D eigenvalue weighted by Crippen LogP contribution is 2.22. The first-order chi connectivity index (χ1) is 11.5. The number of anilines is 1. The molecule has 0 saturated carbocycles. The molecule has 0 aliphatic heterocycles. The van der Waals surface area contributed by atoms with Gasteiger partial charge in [-0.25, -0.2) is 5.43 Å². The van der Waals surface area contributed by atoms with E-state index in [1.165, 1.54) is 6.21 Å². The second kappa shape index (κ2) is 8.47. The Labute approximate surface area is 149 Å². The summed E-state index contributed by atoms with van der Waals surface area (Å²) < 4.78 is 0. The molecule has 0 atom stereocenters. The normalized spacial score (nSPS) is 10.6. The first-order valence-corrected chi connectivity index (χ1v) is 7.94. The van der Waals surface area contributed by atoms with Crippen LogP contribution in [0, 0.1) is 0 Å². The molecular formula is C17H15Cl2N3O2. The van der Waals surface area contributed by atoms with Crippen LogP contribution in [0.4, 0.5) is 5.69 Å². The Hall–Kier alpha value is -2.37. The van der Waals surface area contributed by atoms with E-state index in [1.54, 1.807) is 30.3 Å². The van der Waals surface area contributed by atoms with E-state index in [-0.39, 0.29) is 0 Å². The summed E-state index contributed by atoms with van der Waals surface area (Å²) in [6, 6.07) is 12.2. The third-order valence-electron chi connectivity index (χ3n) is 3.21. The number of hydrazone groups is 1. The molecule has 0 aliphatic rings. The molecule has 0 saturated heterocycles. The topological polar surface area (TPSA) is 70.6 Å². The number of halogens is 2. The Balaban J connectivity index is 1.99. The van der Waals surface area contributed by atoms with E-state index >= 15 is 0 Å². The second-order valence-electron chi connectivity index (χ2n) is 4.80. The van der Waals surface area contributed by atoms with Crippen LogP contribution in [-0.4, -0.2) is 18.0 Å². The zero-order valence-electron chi connectivity index (χ0n) is 12.8. The van der Waals surface area contributed by atoms with Gasteiger partial charge in [-0.15, -0.1) is 0 Å². The molecule has 0 bridgehead atoms. The molecule has 24 heavy (non-hydrogen) atoms. The van der Waals surface area contributed by atoms with Crippen molar-refractivity contribution >= 4 is 46.9 Å². The molecule has 2 amide bonds. The van der Waals surface area contributed by atoms with Gasteiger partial charge in [0.1, 0.15) is 0 Å². The fraction of sp³-hybridized carbons (Fsp3) is 0.118. The van der Waals surface area contributed by atoms with Crippen molar-refractivity contribution in [3.8, 4) is 0 Å². The number of amides is 2. The highest BCUT2D eigenvalue weighted by atomic mass is 35.5. The van der Waals surface area contributed by atoms with Crippen LogP contribution in [-0.2, 0) is 16.0 Å². The zero-order chi connectivity index (χ0) is 17.5. The summed E-state index contributed by atoms with van der Waals surface area (Å²) >= 11 is 12.0. The third-order valence-corrected chi connectivity index (χ3v) is 3.87. The summed E-state index contributed by atoms with van der Waals surface area (Å²) in [4.78, 5) is 23.7. The molecule has 0 fully saturated rings. The molecule has 124 valence electrons. The summed E-state index contributed by atoms with van der Waals surface area (Å²) in [6.45, 7) is 1.96. The predicted molar refractivity (Wildman–Crippen MR) is 96.6 cm³/mol. The van der Waals surface area contributed by atoms with Gasteiger partial charge in [-0.05, 0) is 30.2 Å². The lowest BCUT2D eigenvalue weighted by molar-refractivity contribution is -0.136. The highest BCUT2D eigenvalue weighted by Gasteiger charge is 2.14. The van der Waals surface area contributed by atoms with Crippen LogP contribution < -0.4 is 10.7 Å². The Morgan fingerprint density at radius 3 is 2.38 bits per heavy atom. The molecule has 0 aliphatic carbocycles. The number of para-hydroxylation sites is 1. The zero-order valence-corrected chi connectivity index (χ0v) is 14.4. The quantitative estimate of drug-likeness (QED) is 0.494. The highest BCUT2D eigenvalue weighted by molar-refractivity contribution is 6.40. The van der Waals surface area contributed by atoms with E-state index in [1.807, 2.05) is 19.1 Å². The van der Waals surface area contributed by atoms with Crippen LogP contribution in [0.5, 0.6) is 0 Å². The van der Waals surface area contributed by atoms with Crippen LogP contribution in [0.25, 0.3) is 0 Å². The predicted octanol–water partition coefficient (Wildman–Crippen LogP) is 3.64. The number of benzene rings is 2. The fourth-order valence-corrected chi connectivity index (χ4v) is 2.46. The maximum atomic E-state index is 11.9. The number of carbonyl (C=O) groups is 2. The van der Waals surface area contributed by atoms with Crippen molar-refractivity contribution in [3.05, 3.63) is 63.6 Å². The van der Waals surface area contributed by atoms with E-state index in [0.717, 1.165) is 12.0 Å². The van der Waals surface area contributed by atoms with Gasteiger partial charge in [0.25, 0.3) is 0 Å². The minimum Gasteiger partial charge on any atom is -0.317 e. The maximum absolute atomic E-state index is 11.9. The Bertz CT molecular complexity index is 771. The minimum absolute atomic E-state index is 0.391. The van der Waals surface area contributed by atoms with E-state index < -0.39 is 11.8 Å². The van der Waals surface area contributed by atoms with Gasteiger partial charge in [0.05, 0.1) is 16.3 Å². The van der Waals surface area contributed by atoms with Crippen molar-refractivity contribution in [2.24, 2.45) is 5.10 Å². The van der Waals surface area contributed by atoms with Gasteiger partial charge >= 0.3 is 11.8 Å². The van der Waals surface area contributed by atoms with Gasteiger partial charge in [0.2, 0.25) is 0 Å². The lowest BCUT2D eigenvalue weighted by Gasteiger charge is -2.08. The molecular weight excluding hydrogens is 349 g/mol. The molecule has 0 aromatic heterocycles. The summed E-state index contributed by atoms with van der Waals surface area (Å²) in [7, 11) is 0. The van der Waals surface area contributed by atoms with Crippen LogP contribution in [0.3, 0.4) is 0 Å². The minimum atomic E-state index is -0.889. The maximum Gasteiger partial charge on any atom is 0.329 e. The standard InChI is InChI=1S/C17H15Cl2N3O2/c1-2-11-6-3-4-9-15(11)21-16(23)17(24)22-20-10-12-13(18)7-5-8-14(12)19/h3-10H,2H2,1H3,(H,21,23)(H,22,24). The monoisotopic (exact) mass is 363 g/mol. The number of nitrogens with one attached hydrogen (secondary N) is 2. The van der Waals surface area contributed by atoms with Gasteiger partial charge in [-0.2, -0.15) is 5.10 Å². The largest absolute Gasteiger partial charge is 0.329 e. The number of hydrogen-bond donors (Lipinski definition) is 2. The second-order valence-corrected chi connectivity index (χ2v) is 5.61. The molecule has 2 aromatic rings. The average molecular weight is 364 g/mol. The molecule has 7 heteroatoms. The van der Waals surface area contributed by atoms with Crippen LogP contribution in [0.1, 0.15) is 18.1 Å². The molecule has 2 N–H and O–H groups in total. The third kappa shape index (κ3) is 4.57. The first kappa shape index (κ1) is 18.0. The molecule has 0 spiro atoms. The molecule has 5 nitrogen and oxygen atoms in total. The van der Waals surface area contributed by atoms with E-state index in [4.69, 9.17) is 23.2 Å². The van der Waals surface area contributed by atoms with Crippen molar-refractivity contribution in [2.45, 2.75) is 13.3 Å². The summed E-state index contributed by atoms with van der Waals surface area (Å²) in [5.74, 6) is -1.70. The van der Waals surface area contributed by atoms with Crippen molar-refractivity contribution in [3.63, 3.8) is 0 Å². The number of nitrogens with zero attached hydrogens (tertiary/aromatic N) is 1. The lowest BCUT2D eigenvalue weighted by atomic mass is 10.1. The van der Waals surface area contributed by atoms with Gasteiger partial charge in [0, 0.05) is 11.3 Å².